The maximum atomic E-state index is 11.2. The third-order valence-electron chi connectivity index (χ3n) is 1.53. The number of hydrogen-bond donors (Lipinski definition) is 2. The van der Waals surface area contributed by atoms with Crippen LogP contribution in [0.2, 0.25) is 0 Å². The monoisotopic (exact) mass is 196 g/mol. The summed E-state index contributed by atoms with van der Waals surface area (Å²) in [5.41, 5.74) is 0.626. The largest absolute Gasteiger partial charge is 0.364 e. The van der Waals surface area contributed by atoms with Crippen molar-refractivity contribution >= 4 is 5.91 Å². The molecule has 1 heterocycles. The maximum absolute atomic E-state index is 11.2. The van der Waals surface area contributed by atoms with Crippen molar-refractivity contribution in [2.24, 2.45) is 0 Å². The molecular weight excluding hydrogens is 180 g/mol. The molecular formula is C10H16N2O2. The average Bonchev–Trinajstić information content (AvgIpc) is 2.20. The molecule has 14 heavy (non-hydrogen) atoms. The van der Waals surface area contributed by atoms with E-state index in [1.165, 1.54) is 19.3 Å². The van der Waals surface area contributed by atoms with E-state index < -0.39 is 0 Å². The summed E-state index contributed by atoms with van der Waals surface area (Å²) in [6.45, 7) is 5.76. The molecule has 4 nitrogen and oxygen atoms in total. The van der Waals surface area contributed by atoms with Crippen molar-refractivity contribution in [2.45, 2.75) is 20.8 Å². The second-order valence-electron chi connectivity index (χ2n) is 2.47. The van der Waals surface area contributed by atoms with Gasteiger partial charge in [-0.2, -0.15) is 0 Å². The molecule has 0 aliphatic heterocycles. The summed E-state index contributed by atoms with van der Waals surface area (Å²) >= 11 is 0. The lowest BCUT2D eigenvalue weighted by Crippen LogP contribution is -2.25. The van der Waals surface area contributed by atoms with Crippen LogP contribution in [-0.2, 0) is 0 Å². The van der Waals surface area contributed by atoms with Gasteiger partial charge in [-0.1, -0.05) is 13.8 Å². The molecule has 1 rings (SSSR count). The zero-order valence-electron chi connectivity index (χ0n) is 8.97. The minimum absolute atomic E-state index is 0.142. The Morgan fingerprint density at radius 2 is 2.00 bits per heavy atom. The summed E-state index contributed by atoms with van der Waals surface area (Å²) < 4.78 is 0. The van der Waals surface area contributed by atoms with Gasteiger partial charge >= 0.3 is 0 Å². The Balaban J connectivity index is 0.000000791. The van der Waals surface area contributed by atoms with Gasteiger partial charge in [-0.3, -0.25) is 9.59 Å². The van der Waals surface area contributed by atoms with E-state index in [4.69, 9.17) is 0 Å². The fourth-order valence-electron chi connectivity index (χ4n) is 0.885. The molecule has 0 unspecified atom stereocenters. The van der Waals surface area contributed by atoms with Gasteiger partial charge in [0.05, 0.1) is 0 Å². The van der Waals surface area contributed by atoms with E-state index in [1.54, 1.807) is 6.92 Å². The predicted molar refractivity (Wildman–Crippen MR) is 56.5 cm³/mol. The molecule has 0 radical (unpaired) electrons. The Morgan fingerprint density at radius 3 is 2.43 bits per heavy atom. The van der Waals surface area contributed by atoms with Crippen LogP contribution in [0.5, 0.6) is 0 Å². The number of aromatic nitrogens is 1. The number of carbonyl (C=O) groups is 1. The van der Waals surface area contributed by atoms with Crippen molar-refractivity contribution in [3.63, 3.8) is 0 Å². The highest BCUT2D eigenvalue weighted by atomic mass is 16.2. The number of aromatic amines is 1. The topological polar surface area (TPSA) is 62.0 Å². The van der Waals surface area contributed by atoms with Gasteiger partial charge < -0.3 is 10.3 Å². The molecule has 0 saturated carbocycles. The van der Waals surface area contributed by atoms with Crippen molar-refractivity contribution in [3.8, 4) is 0 Å². The second kappa shape index (κ2) is 5.96. The molecule has 1 aromatic heterocycles. The fourth-order valence-corrected chi connectivity index (χ4v) is 0.885. The Morgan fingerprint density at radius 1 is 1.43 bits per heavy atom. The summed E-state index contributed by atoms with van der Waals surface area (Å²) in [6, 6.07) is 1.39. The maximum Gasteiger partial charge on any atom is 0.256 e. The quantitative estimate of drug-likeness (QED) is 0.705. The van der Waals surface area contributed by atoms with Crippen molar-refractivity contribution < 1.29 is 4.79 Å². The molecule has 2 N–H and O–H groups in total. The van der Waals surface area contributed by atoms with Gasteiger partial charge in [0.2, 0.25) is 0 Å². The van der Waals surface area contributed by atoms with Gasteiger partial charge in [0.1, 0.15) is 5.56 Å². The highest BCUT2D eigenvalue weighted by Crippen LogP contribution is 1.90. The number of aryl methyl sites for hydroxylation is 1. The third-order valence-corrected chi connectivity index (χ3v) is 1.53. The van der Waals surface area contributed by atoms with Crippen LogP contribution in [-0.4, -0.2) is 17.9 Å². The second-order valence-corrected chi connectivity index (χ2v) is 2.47. The lowest BCUT2D eigenvalue weighted by molar-refractivity contribution is 0.0961. The molecule has 1 amide bonds. The first kappa shape index (κ1) is 12.4. The predicted octanol–water partition coefficient (Wildman–Crippen LogP) is 1.07. The summed E-state index contributed by atoms with van der Waals surface area (Å²) in [4.78, 5) is 25.0. The summed E-state index contributed by atoms with van der Waals surface area (Å²) in [5.74, 6) is -0.365. The fraction of sp³-hybridized carbons (Fsp3) is 0.400. The normalized spacial score (nSPS) is 8.57. The number of pyridine rings is 1. The van der Waals surface area contributed by atoms with Crippen molar-refractivity contribution in [3.05, 3.63) is 33.7 Å². The van der Waals surface area contributed by atoms with E-state index in [2.05, 4.69) is 10.3 Å². The van der Waals surface area contributed by atoms with Crippen molar-refractivity contribution in [1.82, 2.24) is 10.3 Å². The number of carbonyl (C=O) groups excluding carboxylic acids is 1. The molecule has 0 spiro atoms. The molecule has 0 atom stereocenters. The minimum atomic E-state index is -0.365. The highest BCUT2D eigenvalue weighted by molar-refractivity contribution is 5.93. The number of hydrogen-bond acceptors (Lipinski definition) is 2. The van der Waals surface area contributed by atoms with E-state index in [0.717, 1.165) is 5.69 Å². The molecule has 0 aliphatic carbocycles. The molecule has 0 saturated heterocycles. The number of nitrogens with one attached hydrogen (secondary N) is 2. The standard InChI is InChI=1S/C8H10N2O2.C2H6/c1-5-3-7(11)6(4-10-5)8(12)9-2;1-2/h3-4H,1-2H3,(H,9,12)(H,10,11);1-2H3. The Labute approximate surface area is 83.4 Å². The van der Waals surface area contributed by atoms with E-state index in [0.29, 0.717) is 0 Å². The summed E-state index contributed by atoms with van der Waals surface area (Å²) in [5, 5.41) is 2.38. The Hall–Kier alpha value is -1.58. The SMILES string of the molecule is CC.CNC(=O)c1c[nH]c(C)cc1=O. The first-order valence-electron chi connectivity index (χ1n) is 4.56. The zero-order valence-corrected chi connectivity index (χ0v) is 8.97. The molecule has 0 aromatic carbocycles. The van der Waals surface area contributed by atoms with Crippen LogP contribution in [0.4, 0.5) is 0 Å². The summed E-state index contributed by atoms with van der Waals surface area (Å²) in [7, 11) is 1.49. The number of amides is 1. The van der Waals surface area contributed by atoms with Crippen LogP contribution >= 0.6 is 0 Å². The van der Waals surface area contributed by atoms with Gasteiger partial charge in [-0.05, 0) is 6.92 Å². The Kier molecular flexibility index (Phi) is 5.29. The van der Waals surface area contributed by atoms with Crippen LogP contribution < -0.4 is 10.7 Å². The van der Waals surface area contributed by atoms with Crippen molar-refractivity contribution in [2.75, 3.05) is 7.05 Å². The van der Waals surface area contributed by atoms with E-state index in [9.17, 15) is 9.59 Å². The van der Waals surface area contributed by atoms with Gasteiger partial charge in [-0.15, -0.1) is 0 Å². The van der Waals surface area contributed by atoms with E-state index in [-0.39, 0.29) is 16.9 Å². The van der Waals surface area contributed by atoms with Crippen LogP contribution in [0.25, 0.3) is 0 Å². The van der Waals surface area contributed by atoms with Gasteiger partial charge in [0, 0.05) is 25.0 Å². The molecule has 0 fully saturated rings. The third kappa shape index (κ3) is 3.05. The van der Waals surface area contributed by atoms with Crippen LogP contribution in [0.3, 0.4) is 0 Å². The van der Waals surface area contributed by atoms with Gasteiger partial charge in [0.25, 0.3) is 5.91 Å². The smallest absolute Gasteiger partial charge is 0.256 e. The van der Waals surface area contributed by atoms with Crippen LogP contribution in [0.1, 0.15) is 29.9 Å². The molecule has 1 aromatic rings. The lowest BCUT2D eigenvalue weighted by atomic mass is 10.2. The molecule has 78 valence electrons. The molecule has 4 heteroatoms. The first-order valence-corrected chi connectivity index (χ1v) is 4.56. The number of H-pyrrole nitrogens is 1. The highest BCUT2D eigenvalue weighted by Gasteiger charge is 2.06. The first-order chi connectivity index (χ1) is 6.65. The molecule has 0 aliphatic rings. The van der Waals surface area contributed by atoms with E-state index >= 15 is 0 Å². The number of rotatable bonds is 1. The minimum Gasteiger partial charge on any atom is -0.364 e. The Bertz CT molecular complexity index is 355. The van der Waals surface area contributed by atoms with E-state index in [1.807, 2.05) is 13.8 Å². The molecule has 0 bridgehead atoms. The van der Waals surface area contributed by atoms with Crippen LogP contribution in [0, 0.1) is 6.92 Å². The average molecular weight is 196 g/mol. The van der Waals surface area contributed by atoms with Gasteiger partial charge in [-0.25, -0.2) is 0 Å². The van der Waals surface area contributed by atoms with Gasteiger partial charge in [0.15, 0.2) is 5.43 Å². The summed E-state index contributed by atoms with van der Waals surface area (Å²) in [6.07, 6.45) is 1.41. The zero-order chi connectivity index (χ0) is 11.1. The lowest BCUT2D eigenvalue weighted by Gasteiger charge is -1.98. The van der Waals surface area contributed by atoms with Crippen molar-refractivity contribution in [1.29, 1.82) is 0 Å². The van der Waals surface area contributed by atoms with Crippen LogP contribution in [0.15, 0.2) is 17.1 Å².